The first-order valence-electron chi connectivity index (χ1n) is 43.5. The molecule has 0 aromatic heterocycles. The highest BCUT2D eigenvalue weighted by atomic mass is 16.8. The highest BCUT2D eigenvalue weighted by molar-refractivity contribution is 5.77. The van der Waals surface area contributed by atoms with E-state index in [-0.39, 0.29) is 18.9 Å². The summed E-state index contributed by atoms with van der Waals surface area (Å²) >= 11 is 0. The van der Waals surface area contributed by atoms with E-state index in [9.17, 15) is 75.7 Å². The minimum atomic E-state index is -3.08. The van der Waals surface area contributed by atoms with E-state index in [4.69, 9.17) is 28.4 Å². The standard InChI is InChI=1S/C84H158N2O21/c1-4-6-8-10-12-14-16-18-20-22-24-26-27-28-29-30-31-32-33-34-35-36-38-40-42-44-46-48-50-52-54-56-58-71(94)86-65(66(91)57-55-53-51-49-47-45-43-41-39-37-25-23-21-19-17-15-13-11-9-7-5-2)63-102-81-76(98)75(97)78(70(62-89)104-81)105-82-77(99)80(74(96)69(61-88)103-82)107-84(83(100)101)59-67(92)72(85-64(3)90)79(106-84)73(95)68(93)60-87/h28-29,65-70,72-82,87-89,91-93,95-99H,4-27,30-63H2,1-3H3,(H,85,90)(H,86,94)(H,100,101)/b29-28-. The number of nitrogens with one attached hydrogen (secondary N) is 2. The van der Waals surface area contributed by atoms with Crippen molar-refractivity contribution in [3.05, 3.63) is 12.2 Å². The Balaban J connectivity index is 1.46. The number of carboxylic acid groups (broad SMARTS) is 1. The van der Waals surface area contributed by atoms with Crippen LogP contribution in [0.25, 0.3) is 0 Å². The SMILES string of the molecule is CCCCCCCCCCCCCC/C=C\CCCCCCCCCCCCCCCCCCC(=O)NC(COC1OC(CO)C(OC2OC(CO)C(O)C(OC3(C(=O)O)CC(O)C(NC(C)=O)C(C(O)C(O)CO)O3)C2O)C(O)C1O)C(O)CCCCCCCCCCCCCCCCCCCCCCC. The van der Waals surface area contributed by atoms with Crippen LogP contribution in [0.5, 0.6) is 0 Å². The molecule has 0 radical (unpaired) electrons. The van der Waals surface area contributed by atoms with Crippen molar-refractivity contribution in [3.63, 3.8) is 0 Å². The first-order chi connectivity index (χ1) is 51.9. The lowest BCUT2D eigenvalue weighted by Gasteiger charge is -2.50. The second-order valence-corrected chi connectivity index (χ2v) is 31.8. The van der Waals surface area contributed by atoms with Crippen LogP contribution in [0.1, 0.15) is 367 Å². The second kappa shape index (κ2) is 62.9. The molecule has 3 fully saturated rings. The lowest BCUT2D eigenvalue weighted by Crippen LogP contribution is -2.70. The molecule has 0 aliphatic carbocycles. The number of aliphatic hydroxyl groups is 11. The molecule has 23 heteroatoms. The molecule has 3 saturated heterocycles. The van der Waals surface area contributed by atoms with Crippen molar-refractivity contribution in [2.75, 3.05) is 26.4 Å². The Morgan fingerprint density at radius 1 is 0.477 bits per heavy atom. The number of carboxylic acids is 1. The summed E-state index contributed by atoms with van der Waals surface area (Å²) in [6, 6.07) is -2.53. The molecular weight excluding hydrogens is 1370 g/mol. The van der Waals surface area contributed by atoms with Gasteiger partial charge in [-0.15, -0.1) is 0 Å². The molecule has 18 unspecified atom stereocenters. The predicted octanol–water partition coefficient (Wildman–Crippen LogP) is 12.9. The fraction of sp³-hybridized carbons (Fsp3) is 0.940. The molecule has 3 aliphatic rings. The predicted molar refractivity (Wildman–Crippen MR) is 417 cm³/mol. The van der Waals surface area contributed by atoms with Gasteiger partial charge in [0.15, 0.2) is 12.6 Å². The summed E-state index contributed by atoms with van der Waals surface area (Å²) in [6.07, 6.45) is 40.7. The molecule has 3 aliphatic heterocycles. The Hall–Kier alpha value is -2.53. The number of allylic oxidation sites excluding steroid dienone is 2. The van der Waals surface area contributed by atoms with E-state index in [0.717, 1.165) is 58.3 Å². The van der Waals surface area contributed by atoms with Crippen LogP contribution in [-0.2, 0) is 42.8 Å². The first-order valence-corrected chi connectivity index (χ1v) is 43.5. The minimum absolute atomic E-state index is 0.227. The molecule has 0 aromatic carbocycles. The zero-order chi connectivity index (χ0) is 78.1. The minimum Gasteiger partial charge on any atom is -0.477 e. The molecule has 0 bridgehead atoms. The van der Waals surface area contributed by atoms with Crippen molar-refractivity contribution >= 4 is 17.8 Å². The summed E-state index contributed by atoms with van der Waals surface area (Å²) < 4.78 is 35.0. The van der Waals surface area contributed by atoms with Gasteiger partial charge in [-0.1, -0.05) is 321 Å². The number of unbranched alkanes of at least 4 members (excludes halogenated alkanes) is 48. The lowest BCUT2D eigenvalue weighted by atomic mass is 9.88. The second-order valence-electron chi connectivity index (χ2n) is 31.8. The zero-order valence-corrected chi connectivity index (χ0v) is 67.0. The van der Waals surface area contributed by atoms with Gasteiger partial charge in [-0.05, 0) is 38.5 Å². The summed E-state index contributed by atoms with van der Waals surface area (Å²) in [5.74, 6) is -6.09. The summed E-state index contributed by atoms with van der Waals surface area (Å²) in [5, 5.41) is 137. The summed E-state index contributed by atoms with van der Waals surface area (Å²) in [4.78, 5) is 38.8. The maximum absolute atomic E-state index is 13.6. The average Bonchev–Trinajstić information content (AvgIpc) is 0.753. The third-order valence-corrected chi connectivity index (χ3v) is 22.2. The van der Waals surface area contributed by atoms with Gasteiger partial charge < -0.3 is 100 Å². The van der Waals surface area contributed by atoms with E-state index in [1.807, 2.05) is 0 Å². The molecule has 0 aromatic rings. The fourth-order valence-corrected chi connectivity index (χ4v) is 15.4. The fourth-order valence-electron chi connectivity index (χ4n) is 15.4. The molecule has 23 nitrogen and oxygen atoms in total. The molecule has 3 heterocycles. The average molecular weight is 1530 g/mol. The third-order valence-electron chi connectivity index (χ3n) is 22.2. The Morgan fingerprint density at radius 2 is 0.869 bits per heavy atom. The van der Waals surface area contributed by atoms with Gasteiger partial charge >= 0.3 is 5.97 Å². The number of aliphatic carboxylic acids is 1. The van der Waals surface area contributed by atoms with E-state index in [1.54, 1.807) is 0 Å². The summed E-state index contributed by atoms with van der Waals surface area (Å²) in [5.41, 5.74) is 0. The van der Waals surface area contributed by atoms with E-state index < -0.39 is 148 Å². The van der Waals surface area contributed by atoms with Crippen molar-refractivity contribution in [2.45, 2.75) is 477 Å². The molecule has 0 saturated carbocycles. The highest BCUT2D eigenvalue weighted by Crippen LogP contribution is 2.39. The summed E-state index contributed by atoms with van der Waals surface area (Å²) in [6.45, 7) is 2.28. The van der Waals surface area contributed by atoms with Crippen LogP contribution in [0.4, 0.5) is 0 Å². The van der Waals surface area contributed by atoms with Crippen LogP contribution in [0.15, 0.2) is 12.2 Å². The number of amides is 2. The van der Waals surface area contributed by atoms with Crippen LogP contribution in [0.2, 0.25) is 0 Å². The third kappa shape index (κ3) is 42.4. The quantitative estimate of drug-likeness (QED) is 0.0199. The van der Waals surface area contributed by atoms with E-state index in [1.165, 1.54) is 263 Å². The highest BCUT2D eigenvalue weighted by Gasteiger charge is 2.60. The number of hydrogen-bond acceptors (Lipinski definition) is 20. The Bertz CT molecular complexity index is 2170. The van der Waals surface area contributed by atoms with Gasteiger partial charge in [-0.25, -0.2) is 4.79 Å². The van der Waals surface area contributed by atoms with Gasteiger partial charge in [0.05, 0.1) is 50.7 Å². The molecule has 3 rings (SSSR count). The zero-order valence-electron chi connectivity index (χ0n) is 67.0. The van der Waals surface area contributed by atoms with Crippen LogP contribution in [0.3, 0.4) is 0 Å². The summed E-state index contributed by atoms with van der Waals surface area (Å²) in [7, 11) is 0. The van der Waals surface area contributed by atoms with Crippen LogP contribution in [-0.4, -0.2) is 215 Å². The van der Waals surface area contributed by atoms with Crippen molar-refractivity contribution in [2.24, 2.45) is 0 Å². The van der Waals surface area contributed by atoms with Gasteiger partial charge in [-0.2, -0.15) is 0 Å². The number of carbonyl (C=O) groups excluding carboxylic acids is 2. The van der Waals surface area contributed by atoms with Crippen LogP contribution >= 0.6 is 0 Å². The molecule has 630 valence electrons. The molecule has 18 atom stereocenters. The molecule has 0 spiro atoms. The van der Waals surface area contributed by atoms with Crippen LogP contribution in [0, 0.1) is 0 Å². The van der Waals surface area contributed by atoms with Crippen molar-refractivity contribution in [3.8, 4) is 0 Å². The van der Waals surface area contributed by atoms with E-state index in [0.29, 0.717) is 19.3 Å². The van der Waals surface area contributed by atoms with Gasteiger partial charge in [0, 0.05) is 19.8 Å². The maximum atomic E-state index is 13.6. The Kier molecular flexibility index (Phi) is 58.0. The van der Waals surface area contributed by atoms with Crippen molar-refractivity contribution in [1.82, 2.24) is 10.6 Å². The molecule has 2 amide bonds. The van der Waals surface area contributed by atoms with E-state index in [2.05, 4.69) is 36.6 Å². The van der Waals surface area contributed by atoms with Crippen LogP contribution < -0.4 is 10.6 Å². The Morgan fingerprint density at radius 3 is 1.26 bits per heavy atom. The number of rotatable bonds is 70. The molecule has 107 heavy (non-hydrogen) atoms. The monoisotopic (exact) mass is 1530 g/mol. The van der Waals surface area contributed by atoms with Crippen molar-refractivity contribution in [1.29, 1.82) is 0 Å². The van der Waals surface area contributed by atoms with Gasteiger partial charge in [-0.3, -0.25) is 9.59 Å². The first kappa shape index (κ1) is 98.7. The smallest absolute Gasteiger partial charge is 0.364 e. The number of aliphatic hydroxyl groups excluding tert-OH is 11. The van der Waals surface area contributed by atoms with E-state index >= 15 is 0 Å². The van der Waals surface area contributed by atoms with Gasteiger partial charge in [0.25, 0.3) is 5.79 Å². The van der Waals surface area contributed by atoms with Gasteiger partial charge in [0.1, 0.15) is 67.1 Å². The number of carbonyl (C=O) groups is 3. The Labute approximate surface area is 645 Å². The number of ether oxygens (including phenoxy) is 6. The molecule has 14 N–H and O–H groups in total. The number of hydrogen-bond donors (Lipinski definition) is 14. The molecular formula is C84H158N2O21. The maximum Gasteiger partial charge on any atom is 0.364 e. The lowest BCUT2D eigenvalue weighted by molar-refractivity contribution is -0.386. The normalized spacial score (nSPS) is 26.0. The van der Waals surface area contributed by atoms with Crippen molar-refractivity contribution < 1.29 is 104 Å². The topological polar surface area (TPSA) is 373 Å². The van der Waals surface area contributed by atoms with Gasteiger partial charge in [0.2, 0.25) is 11.8 Å². The largest absolute Gasteiger partial charge is 0.477 e.